The summed E-state index contributed by atoms with van der Waals surface area (Å²) < 4.78 is 0. The Kier molecular flexibility index (Phi) is 5.29. The number of hydrogen-bond donors (Lipinski definition) is 0. The van der Waals surface area contributed by atoms with Gasteiger partial charge in [-0.05, 0) is 52.4 Å². The third-order valence-corrected chi connectivity index (χ3v) is 4.64. The van der Waals surface area contributed by atoms with Crippen LogP contribution in [-0.4, -0.2) is 0 Å². The molecule has 1 heteroatoms. The van der Waals surface area contributed by atoms with Gasteiger partial charge in [0, 0.05) is 0 Å². The summed E-state index contributed by atoms with van der Waals surface area (Å²) in [5.41, 5.74) is 4.56. The maximum atomic E-state index is 8.98. The van der Waals surface area contributed by atoms with Crippen molar-refractivity contribution >= 4 is 10.8 Å². The van der Waals surface area contributed by atoms with E-state index in [1.165, 1.54) is 53.1 Å². The normalized spacial score (nSPS) is 10.7. The van der Waals surface area contributed by atoms with Gasteiger partial charge in [0.15, 0.2) is 0 Å². The Bertz CT molecular complexity index is 853. The van der Waals surface area contributed by atoms with E-state index < -0.39 is 0 Å². The molecule has 0 aliphatic rings. The standard InChI is InChI=1S/C23H23N/c1-2-3-4-5-8-19-15-16-22(23-10-7-6-9-21(19)23)20-13-11-18(17-24)12-14-20/h6-7,9-16H,2-5,8H2,1H3. The average Bonchev–Trinajstić information content (AvgIpc) is 2.65. The summed E-state index contributed by atoms with van der Waals surface area (Å²) in [5, 5.41) is 11.6. The van der Waals surface area contributed by atoms with E-state index in [2.05, 4.69) is 49.4 Å². The second-order valence-electron chi connectivity index (χ2n) is 6.32. The fraction of sp³-hybridized carbons (Fsp3) is 0.261. The minimum Gasteiger partial charge on any atom is -0.192 e. The number of fused-ring (bicyclic) bond motifs is 1. The lowest BCUT2D eigenvalue weighted by Crippen LogP contribution is -1.90. The molecule has 0 saturated heterocycles. The average molecular weight is 313 g/mol. The molecule has 0 saturated carbocycles. The summed E-state index contributed by atoms with van der Waals surface area (Å²) in [6.07, 6.45) is 6.31. The Labute approximate surface area is 144 Å². The zero-order valence-corrected chi connectivity index (χ0v) is 14.3. The van der Waals surface area contributed by atoms with E-state index in [0.29, 0.717) is 5.56 Å². The zero-order valence-electron chi connectivity index (χ0n) is 14.3. The molecule has 0 N–H and O–H groups in total. The lowest BCUT2D eigenvalue weighted by molar-refractivity contribution is 0.668. The molecule has 0 heterocycles. The van der Waals surface area contributed by atoms with Crippen LogP contribution in [0.4, 0.5) is 0 Å². The van der Waals surface area contributed by atoms with Gasteiger partial charge in [0.2, 0.25) is 0 Å². The highest BCUT2D eigenvalue weighted by Crippen LogP contribution is 2.31. The minimum atomic E-state index is 0.704. The van der Waals surface area contributed by atoms with Gasteiger partial charge in [0.25, 0.3) is 0 Å². The SMILES string of the molecule is CCCCCCc1ccc(-c2ccc(C#N)cc2)c2ccccc12. The van der Waals surface area contributed by atoms with Gasteiger partial charge in [0.05, 0.1) is 11.6 Å². The van der Waals surface area contributed by atoms with Gasteiger partial charge < -0.3 is 0 Å². The van der Waals surface area contributed by atoms with Crippen LogP contribution in [0, 0.1) is 11.3 Å². The minimum absolute atomic E-state index is 0.704. The van der Waals surface area contributed by atoms with Crippen LogP contribution in [0.15, 0.2) is 60.7 Å². The van der Waals surface area contributed by atoms with Crippen molar-refractivity contribution < 1.29 is 0 Å². The first-order chi connectivity index (χ1) is 11.8. The van der Waals surface area contributed by atoms with E-state index in [1.807, 2.05) is 24.3 Å². The summed E-state index contributed by atoms with van der Waals surface area (Å²) in [4.78, 5) is 0. The molecule has 0 fully saturated rings. The quantitative estimate of drug-likeness (QED) is 0.476. The van der Waals surface area contributed by atoms with Crippen LogP contribution in [0.5, 0.6) is 0 Å². The Morgan fingerprint density at radius 3 is 2.25 bits per heavy atom. The summed E-state index contributed by atoms with van der Waals surface area (Å²) in [6, 6.07) is 23.2. The summed E-state index contributed by atoms with van der Waals surface area (Å²) >= 11 is 0. The van der Waals surface area contributed by atoms with Crippen molar-refractivity contribution in [2.75, 3.05) is 0 Å². The van der Waals surface area contributed by atoms with E-state index in [4.69, 9.17) is 5.26 Å². The highest BCUT2D eigenvalue weighted by atomic mass is 14.2. The molecule has 3 aromatic carbocycles. The number of benzene rings is 3. The van der Waals surface area contributed by atoms with Gasteiger partial charge in [0.1, 0.15) is 0 Å². The van der Waals surface area contributed by atoms with Crippen molar-refractivity contribution in [2.24, 2.45) is 0 Å². The topological polar surface area (TPSA) is 23.8 Å². The molecule has 120 valence electrons. The number of hydrogen-bond acceptors (Lipinski definition) is 1. The fourth-order valence-electron chi connectivity index (χ4n) is 3.30. The molecular formula is C23H23N. The van der Waals surface area contributed by atoms with E-state index in [1.54, 1.807) is 0 Å². The largest absolute Gasteiger partial charge is 0.192 e. The molecule has 3 aromatic rings. The molecule has 0 atom stereocenters. The third-order valence-electron chi connectivity index (χ3n) is 4.64. The molecule has 0 amide bonds. The first-order valence-electron chi connectivity index (χ1n) is 8.84. The van der Waals surface area contributed by atoms with Gasteiger partial charge in [-0.15, -0.1) is 0 Å². The van der Waals surface area contributed by atoms with Crippen LogP contribution in [0.1, 0.15) is 43.7 Å². The van der Waals surface area contributed by atoms with Gasteiger partial charge in [-0.2, -0.15) is 5.26 Å². The summed E-state index contributed by atoms with van der Waals surface area (Å²) in [7, 11) is 0. The van der Waals surface area contributed by atoms with Crippen molar-refractivity contribution in [1.82, 2.24) is 0 Å². The molecule has 0 aliphatic heterocycles. The zero-order chi connectivity index (χ0) is 16.8. The molecule has 0 spiro atoms. The van der Waals surface area contributed by atoms with Gasteiger partial charge >= 0.3 is 0 Å². The van der Waals surface area contributed by atoms with E-state index in [0.717, 1.165) is 6.42 Å². The summed E-state index contributed by atoms with van der Waals surface area (Å²) in [6.45, 7) is 2.25. The van der Waals surface area contributed by atoms with Crippen molar-refractivity contribution in [3.63, 3.8) is 0 Å². The maximum Gasteiger partial charge on any atom is 0.0991 e. The van der Waals surface area contributed by atoms with Crippen LogP contribution in [0.2, 0.25) is 0 Å². The van der Waals surface area contributed by atoms with Crippen LogP contribution in [-0.2, 0) is 6.42 Å². The molecule has 0 aliphatic carbocycles. The van der Waals surface area contributed by atoms with E-state index in [-0.39, 0.29) is 0 Å². The summed E-state index contributed by atoms with van der Waals surface area (Å²) in [5.74, 6) is 0. The maximum absolute atomic E-state index is 8.98. The van der Waals surface area contributed by atoms with Crippen molar-refractivity contribution in [2.45, 2.75) is 39.0 Å². The van der Waals surface area contributed by atoms with Crippen LogP contribution >= 0.6 is 0 Å². The van der Waals surface area contributed by atoms with Crippen LogP contribution < -0.4 is 0 Å². The second-order valence-corrected chi connectivity index (χ2v) is 6.32. The van der Waals surface area contributed by atoms with Crippen molar-refractivity contribution in [1.29, 1.82) is 5.26 Å². The number of rotatable bonds is 6. The Hall–Kier alpha value is -2.59. The van der Waals surface area contributed by atoms with Crippen LogP contribution in [0.3, 0.4) is 0 Å². The highest BCUT2D eigenvalue weighted by Gasteiger charge is 2.07. The fourth-order valence-corrected chi connectivity index (χ4v) is 3.30. The number of nitriles is 1. The van der Waals surface area contributed by atoms with E-state index >= 15 is 0 Å². The van der Waals surface area contributed by atoms with Crippen LogP contribution in [0.25, 0.3) is 21.9 Å². The second kappa shape index (κ2) is 7.79. The van der Waals surface area contributed by atoms with Gasteiger partial charge in [-0.25, -0.2) is 0 Å². The number of nitrogens with zero attached hydrogens (tertiary/aromatic N) is 1. The smallest absolute Gasteiger partial charge is 0.0991 e. The predicted octanol–water partition coefficient (Wildman–Crippen LogP) is 6.50. The monoisotopic (exact) mass is 313 g/mol. The predicted molar refractivity (Wildman–Crippen MR) is 102 cm³/mol. The molecule has 0 aromatic heterocycles. The molecule has 0 unspecified atom stereocenters. The lowest BCUT2D eigenvalue weighted by Gasteiger charge is -2.12. The van der Waals surface area contributed by atoms with Gasteiger partial charge in [-0.3, -0.25) is 0 Å². The first kappa shape index (κ1) is 16.3. The Morgan fingerprint density at radius 2 is 1.54 bits per heavy atom. The molecule has 0 radical (unpaired) electrons. The number of aryl methyl sites for hydroxylation is 1. The molecule has 1 nitrogen and oxygen atoms in total. The van der Waals surface area contributed by atoms with Crippen molar-refractivity contribution in [3.05, 3.63) is 71.8 Å². The third kappa shape index (κ3) is 3.49. The highest BCUT2D eigenvalue weighted by molar-refractivity contribution is 5.98. The van der Waals surface area contributed by atoms with Crippen molar-refractivity contribution in [3.8, 4) is 17.2 Å². The Morgan fingerprint density at radius 1 is 0.792 bits per heavy atom. The number of unbranched alkanes of at least 4 members (excludes halogenated alkanes) is 3. The molecular weight excluding hydrogens is 290 g/mol. The Balaban J connectivity index is 1.97. The van der Waals surface area contributed by atoms with E-state index in [9.17, 15) is 0 Å². The first-order valence-corrected chi connectivity index (χ1v) is 8.84. The molecule has 24 heavy (non-hydrogen) atoms. The molecule has 0 bridgehead atoms. The lowest BCUT2D eigenvalue weighted by atomic mass is 9.92. The molecule has 3 rings (SSSR count). The van der Waals surface area contributed by atoms with Gasteiger partial charge in [-0.1, -0.05) is 74.7 Å².